The van der Waals surface area contributed by atoms with E-state index in [2.05, 4.69) is 0 Å². The van der Waals surface area contributed by atoms with E-state index in [0.29, 0.717) is 0 Å². The van der Waals surface area contributed by atoms with Crippen LogP contribution in [0.3, 0.4) is 0 Å². The molecule has 0 aromatic carbocycles. The lowest BCUT2D eigenvalue weighted by atomic mass is 10.2. The van der Waals surface area contributed by atoms with Crippen LogP contribution in [0.5, 0.6) is 0 Å². The van der Waals surface area contributed by atoms with Gasteiger partial charge in [0.25, 0.3) is 0 Å². The smallest absolute Gasteiger partial charge is 0.248 e. The predicted octanol–water partition coefficient (Wildman–Crippen LogP) is -0.384. The van der Waals surface area contributed by atoms with Gasteiger partial charge in [-0.15, -0.1) is 0 Å². The molecule has 70 valence electrons. The van der Waals surface area contributed by atoms with Crippen molar-refractivity contribution in [3.63, 3.8) is 0 Å². The monoisotopic (exact) mass is 173 g/mol. The van der Waals surface area contributed by atoms with Crippen LogP contribution in [0.2, 0.25) is 0 Å². The summed E-state index contributed by atoms with van der Waals surface area (Å²) in [5.41, 5.74) is 0. The molecule has 1 fully saturated rings. The van der Waals surface area contributed by atoms with E-state index in [-0.39, 0.29) is 25.2 Å². The predicted molar refractivity (Wildman–Crippen MR) is 43.7 cm³/mol. The van der Waals surface area contributed by atoms with E-state index in [0.717, 1.165) is 19.4 Å². The first-order valence-electron chi connectivity index (χ1n) is 4.19. The van der Waals surface area contributed by atoms with Crippen molar-refractivity contribution in [2.45, 2.75) is 18.9 Å². The second-order valence-electron chi connectivity index (χ2n) is 3.00. The van der Waals surface area contributed by atoms with Crippen molar-refractivity contribution in [2.24, 2.45) is 0 Å². The summed E-state index contributed by atoms with van der Waals surface area (Å²) in [6.07, 6.45) is 1.90. The number of likely N-dealkylation sites (tertiary alicyclic amines) is 1. The molecule has 12 heavy (non-hydrogen) atoms. The average molecular weight is 173 g/mol. The molecule has 4 nitrogen and oxygen atoms in total. The standard InChI is InChI=1S/C8H15NO3/c1-12-6-8(11)9-4-2-3-7(9)5-10/h7,10H,2-6H2,1H3/t7-/m1/s1. The number of hydrogen-bond acceptors (Lipinski definition) is 3. The minimum absolute atomic E-state index is 0.0194. The van der Waals surface area contributed by atoms with Crippen LogP contribution in [-0.4, -0.2) is 48.8 Å². The number of carbonyl (C=O) groups is 1. The van der Waals surface area contributed by atoms with Crippen LogP contribution in [-0.2, 0) is 9.53 Å². The Morgan fingerprint density at radius 2 is 2.50 bits per heavy atom. The van der Waals surface area contributed by atoms with E-state index in [9.17, 15) is 4.79 Å². The van der Waals surface area contributed by atoms with Gasteiger partial charge in [0.05, 0.1) is 12.6 Å². The van der Waals surface area contributed by atoms with Crippen LogP contribution in [0.15, 0.2) is 0 Å². The maximum absolute atomic E-state index is 11.3. The Morgan fingerprint density at radius 3 is 3.08 bits per heavy atom. The number of carbonyl (C=O) groups excluding carboxylic acids is 1. The Kier molecular flexibility index (Phi) is 3.49. The zero-order valence-corrected chi connectivity index (χ0v) is 7.32. The summed E-state index contributed by atoms with van der Waals surface area (Å²) in [6.45, 7) is 0.944. The van der Waals surface area contributed by atoms with Gasteiger partial charge in [0.15, 0.2) is 0 Å². The molecular weight excluding hydrogens is 158 g/mol. The summed E-state index contributed by atoms with van der Waals surface area (Å²) in [5.74, 6) is -0.0194. The van der Waals surface area contributed by atoms with Gasteiger partial charge < -0.3 is 14.7 Å². The van der Waals surface area contributed by atoms with Gasteiger partial charge in [0, 0.05) is 13.7 Å². The molecule has 1 rings (SSSR count). The SMILES string of the molecule is COCC(=O)N1CCC[C@@H]1CO. The Bertz CT molecular complexity index is 160. The molecule has 0 aromatic rings. The van der Waals surface area contributed by atoms with Crippen molar-refractivity contribution < 1.29 is 14.6 Å². The maximum atomic E-state index is 11.3. The Labute approximate surface area is 72.1 Å². The van der Waals surface area contributed by atoms with Crippen molar-refractivity contribution in [3.05, 3.63) is 0 Å². The van der Waals surface area contributed by atoms with E-state index >= 15 is 0 Å². The van der Waals surface area contributed by atoms with E-state index in [1.54, 1.807) is 4.90 Å². The van der Waals surface area contributed by atoms with E-state index in [4.69, 9.17) is 9.84 Å². The molecule has 0 bridgehead atoms. The fourth-order valence-corrected chi connectivity index (χ4v) is 1.56. The number of ether oxygens (including phenoxy) is 1. The highest BCUT2D eigenvalue weighted by atomic mass is 16.5. The minimum Gasteiger partial charge on any atom is -0.394 e. The van der Waals surface area contributed by atoms with Crippen LogP contribution in [0, 0.1) is 0 Å². The molecule has 0 radical (unpaired) electrons. The van der Waals surface area contributed by atoms with Gasteiger partial charge in [-0.3, -0.25) is 4.79 Å². The van der Waals surface area contributed by atoms with Crippen LogP contribution in [0.1, 0.15) is 12.8 Å². The van der Waals surface area contributed by atoms with Crippen molar-refractivity contribution in [3.8, 4) is 0 Å². The number of nitrogens with zero attached hydrogens (tertiary/aromatic N) is 1. The zero-order valence-electron chi connectivity index (χ0n) is 7.32. The molecule has 1 aliphatic rings. The molecule has 0 aliphatic carbocycles. The number of rotatable bonds is 3. The number of aliphatic hydroxyl groups excluding tert-OH is 1. The summed E-state index contributed by atoms with van der Waals surface area (Å²) in [4.78, 5) is 13.0. The molecule has 1 saturated heterocycles. The highest BCUT2D eigenvalue weighted by molar-refractivity contribution is 5.78. The molecular formula is C8H15NO3. The first-order chi connectivity index (χ1) is 5.79. The second-order valence-corrected chi connectivity index (χ2v) is 3.00. The normalized spacial score (nSPS) is 23.2. The summed E-state index contributed by atoms with van der Waals surface area (Å²) in [6, 6.07) is 0.0210. The molecule has 4 heteroatoms. The van der Waals surface area contributed by atoms with Crippen LogP contribution < -0.4 is 0 Å². The summed E-state index contributed by atoms with van der Waals surface area (Å²) >= 11 is 0. The first-order valence-corrected chi connectivity index (χ1v) is 4.19. The Balaban J connectivity index is 2.43. The highest BCUT2D eigenvalue weighted by Crippen LogP contribution is 2.16. The second kappa shape index (κ2) is 4.42. The van der Waals surface area contributed by atoms with Crippen LogP contribution in [0.4, 0.5) is 0 Å². The number of amides is 1. The van der Waals surface area contributed by atoms with Gasteiger partial charge in [0.1, 0.15) is 6.61 Å². The average Bonchev–Trinajstić information content (AvgIpc) is 2.51. The van der Waals surface area contributed by atoms with Crippen LogP contribution in [0.25, 0.3) is 0 Å². The minimum atomic E-state index is -0.0194. The van der Waals surface area contributed by atoms with Gasteiger partial charge in [-0.1, -0.05) is 0 Å². The molecule has 0 unspecified atom stereocenters. The Morgan fingerprint density at radius 1 is 1.75 bits per heavy atom. The molecule has 1 heterocycles. The van der Waals surface area contributed by atoms with E-state index in [1.807, 2.05) is 0 Å². The molecule has 1 aliphatic heterocycles. The van der Waals surface area contributed by atoms with Crippen molar-refractivity contribution >= 4 is 5.91 Å². The third-order valence-corrected chi connectivity index (χ3v) is 2.18. The Hall–Kier alpha value is -0.610. The summed E-state index contributed by atoms with van der Waals surface area (Å²) in [5, 5.41) is 8.92. The third kappa shape index (κ3) is 1.95. The first kappa shape index (κ1) is 9.48. The molecule has 1 amide bonds. The maximum Gasteiger partial charge on any atom is 0.248 e. The fraction of sp³-hybridized carbons (Fsp3) is 0.875. The molecule has 1 N–H and O–H groups in total. The largest absolute Gasteiger partial charge is 0.394 e. The fourth-order valence-electron chi connectivity index (χ4n) is 1.56. The molecule has 1 atom stereocenters. The number of methoxy groups -OCH3 is 1. The van der Waals surface area contributed by atoms with Crippen molar-refractivity contribution in [1.29, 1.82) is 0 Å². The number of hydrogen-bond donors (Lipinski definition) is 1. The lowest BCUT2D eigenvalue weighted by molar-refractivity contribution is -0.136. The van der Waals surface area contributed by atoms with Gasteiger partial charge in [-0.25, -0.2) is 0 Å². The zero-order chi connectivity index (χ0) is 8.97. The quantitative estimate of drug-likeness (QED) is 0.632. The van der Waals surface area contributed by atoms with Crippen molar-refractivity contribution in [1.82, 2.24) is 4.90 Å². The summed E-state index contributed by atoms with van der Waals surface area (Å²) < 4.78 is 4.74. The molecule has 0 saturated carbocycles. The van der Waals surface area contributed by atoms with E-state index < -0.39 is 0 Å². The topological polar surface area (TPSA) is 49.8 Å². The highest BCUT2D eigenvalue weighted by Gasteiger charge is 2.27. The molecule has 0 spiro atoms. The summed E-state index contributed by atoms with van der Waals surface area (Å²) in [7, 11) is 1.50. The van der Waals surface area contributed by atoms with Gasteiger partial charge >= 0.3 is 0 Å². The van der Waals surface area contributed by atoms with Gasteiger partial charge in [0.2, 0.25) is 5.91 Å². The lowest BCUT2D eigenvalue weighted by Gasteiger charge is -2.22. The molecule has 0 aromatic heterocycles. The van der Waals surface area contributed by atoms with Gasteiger partial charge in [-0.2, -0.15) is 0 Å². The van der Waals surface area contributed by atoms with Gasteiger partial charge in [-0.05, 0) is 12.8 Å². The van der Waals surface area contributed by atoms with Crippen LogP contribution >= 0.6 is 0 Å². The third-order valence-electron chi connectivity index (χ3n) is 2.18. The number of aliphatic hydroxyl groups is 1. The van der Waals surface area contributed by atoms with Crippen molar-refractivity contribution in [2.75, 3.05) is 26.9 Å². The van der Waals surface area contributed by atoms with E-state index in [1.165, 1.54) is 7.11 Å². The lowest BCUT2D eigenvalue weighted by Crippen LogP contribution is -2.39.